The Kier molecular flexibility index (Phi) is 5.15. The fourth-order valence-corrected chi connectivity index (χ4v) is 4.80. The van der Waals surface area contributed by atoms with Crippen LogP contribution in [-0.2, 0) is 21.2 Å². The van der Waals surface area contributed by atoms with E-state index in [0.29, 0.717) is 18.8 Å². The molecule has 0 spiro atoms. The highest BCUT2D eigenvalue weighted by Crippen LogP contribution is 2.27. The largest absolute Gasteiger partial charge is 0.361 e. The molecular formula is C16H23N5O4S. The maximum atomic E-state index is 12.4. The molecule has 1 aliphatic heterocycles. The molecular weight excluding hydrogens is 358 g/mol. The molecule has 3 heterocycles. The van der Waals surface area contributed by atoms with E-state index in [-0.39, 0.29) is 30.0 Å². The molecule has 0 aliphatic carbocycles. The molecule has 1 amide bonds. The number of likely N-dealkylation sites (N-methyl/N-ethyl adjacent to an activating group) is 1. The summed E-state index contributed by atoms with van der Waals surface area (Å²) < 4.78 is 30.1. The molecule has 1 fully saturated rings. The molecule has 3 rings (SSSR count). The van der Waals surface area contributed by atoms with Gasteiger partial charge in [0.05, 0.1) is 35.5 Å². The second-order valence-electron chi connectivity index (χ2n) is 6.82. The number of nitrogens with one attached hydrogen (secondary N) is 1. The third-order valence-electron chi connectivity index (χ3n) is 4.20. The number of sulfone groups is 1. The van der Waals surface area contributed by atoms with Gasteiger partial charge in [0, 0.05) is 18.7 Å². The lowest BCUT2D eigenvalue weighted by Gasteiger charge is -2.17. The predicted molar refractivity (Wildman–Crippen MR) is 95.5 cm³/mol. The van der Waals surface area contributed by atoms with Gasteiger partial charge < -0.3 is 9.84 Å². The van der Waals surface area contributed by atoms with Crippen molar-refractivity contribution in [3.8, 4) is 0 Å². The van der Waals surface area contributed by atoms with Gasteiger partial charge in [0.25, 0.3) is 0 Å². The summed E-state index contributed by atoms with van der Waals surface area (Å²) in [6.07, 6.45) is 0.512. The molecule has 0 bridgehead atoms. The number of carbonyl (C=O) groups excluding carboxylic acids is 1. The third kappa shape index (κ3) is 4.50. The van der Waals surface area contributed by atoms with Crippen molar-refractivity contribution in [3.63, 3.8) is 0 Å². The first-order valence-electron chi connectivity index (χ1n) is 8.39. The summed E-state index contributed by atoms with van der Waals surface area (Å²) in [5, 5.41) is 11.1. The molecule has 1 atom stereocenters. The molecule has 1 unspecified atom stereocenters. The van der Waals surface area contributed by atoms with Gasteiger partial charge in [-0.2, -0.15) is 5.10 Å². The van der Waals surface area contributed by atoms with Crippen LogP contribution in [0.25, 0.3) is 0 Å². The molecule has 9 nitrogen and oxygen atoms in total. The number of aryl methyl sites for hydroxylation is 2. The minimum Gasteiger partial charge on any atom is -0.361 e. The average Bonchev–Trinajstić information content (AvgIpc) is 3.18. The molecule has 10 heteroatoms. The van der Waals surface area contributed by atoms with Gasteiger partial charge in [-0.3, -0.25) is 9.69 Å². The Balaban J connectivity index is 1.62. The smallest absolute Gasteiger partial charge is 0.239 e. The van der Waals surface area contributed by atoms with Gasteiger partial charge in [0.2, 0.25) is 5.91 Å². The first kappa shape index (κ1) is 18.6. The zero-order valence-corrected chi connectivity index (χ0v) is 15.9. The normalized spacial score (nSPS) is 19.2. The number of nitrogens with zero attached hydrogens (tertiary/aromatic N) is 4. The van der Waals surface area contributed by atoms with Crippen LogP contribution in [0.5, 0.6) is 0 Å². The summed E-state index contributed by atoms with van der Waals surface area (Å²) in [7, 11) is -1.21. The first-order valence-corrected chi connectivity index (χ1v) is 10.2. The van der Waals surface area contributed by atoms with Crippen LogP contribution in [0.4, 0.5) is 5.82 Å². The molecule has 0 aromatic carbocycles. The molecule has 0 saturated carbocycles. The van der Waals surface area contributed by atoms with E-state index in [2.05, 4.69) is 15.6 Å². The fourth-order valence-electron chi connectivity index (χ4n) is 3.11. The number of aromatic nitrogens is 3. The Morgan fingerprint density at radius 2 is 2.19 bits per heavy atom. The number of hydrogen-bond donors (Lipinski definition) is 1. The fraction of sp³-hybridized carbons (Fsp3) is 0.562. The van der Waals surface area contributed by atoms with E-state index in [4.69, 9.17) is 4.52 Å². The van der Waals surface area contributed by atoms with E-state index in [1.165, 1.54) is 0 Å². The highest BCUT2D eigenvalue weighted by Gasteiger charge is 2.31. The van der Waals surface area contributed by atoms with Gasteiger partial charge in [-0.1, -0.05) is 5.16 Å². The molecule has 26 heavy (non-hydrogen) atoms. The van der Waals surface area contributed by atoms with E-state index in [9.17, 15) is 13.2 Å². The number of anilines is 1. The predicted octanol–water partition coefficient (Wildman–Crippen LogP) is 0.918. The standard InChI is InChI=1S/C16H23N5O4S/c1-11-6-15(21(18-11)14-4-5-26(23,24)10-14)17-16(22)9-20(3)8-13-7-12(2)25-19-13/h6-7,14H,4-5,8-10H2,1-3H3,(H,17,22). The zero-order valence-electron chi connectivity index (χ0n) is 15.1. The maximum absolute atomic E-state index is 12.4. The van der Waals surface area contributed by atoms with Gasteiger partial charge in [-0.05, 0) is 27.3 Å². The highest BCUT2D eigenvalue weighted by molar-refractivity contribution is 7.91. The average molecular weight is 381 g/mol. The first-order chi connectivity index (χ1) is 12.2. The topological polar surface area (TPSA) is 110 Å². The molecule has 0 radical (unpaired) electrons. The lowest BCUT2D eigenvalue weighted by Crippen LogP contribution is -2.31. The van der Waals surface area contributed by atoms with Crippen molar-refractivity contribution in [2.75, 3.05) is 30.4 Å². The van der Waals surface area contributed by atoms with Gasteiger partial charge >= 0.3 is 0 Å². The van der Waals surface area contributed by atoms with E-state index < -0.39 is 9.84 Å². The summed E-state index contributed by atoms with van der Waals surface area (Å²) >= 11 is 0. The maximum Gasteiger partial charge on any atom is 0.239 e. The van der Waals surface area contributed by atoms with Gasteiger partial charge in [-0.25, -0.2) is 13.1 Å². The Bertz CT molecular complexity index is 902. The van der Waals surface area contributed by atoms with Crippen molar-refractivity contribution in [1.29, 1.82) is 0 Å². The highest BCUT2D eigenvalue weighted by atomic mass is 32.2. The molecule has 1 N–H and O–H groups in total. The summed E-state index contributed by atoms with van der Waals surface area (Å²) in [5.74, 6) is 1.27. The number of rotatable bonds is 6. The third-order valence-corrected chi connectivity index (χ3v) is 5.95. The summed E-state index contributed by atoms with van der Waals surface area (Å²) in [5.41, 5.74) is 1.49. The van der Waals surface area contributed by atoms with Crippen molar-refractivity contribution in [2.45, 2.75) is 32.9 Å². The van der Waals surface area contributed by atoms with E-state index >= 15 is 0 Å². The molecule has 142 valence electrons. The van der Waals surface area contributed by atoms with Crippen molar-refractivity contribution >= 4 is 21.6 Å². The van der Waals surface area contributed by atoms with Gasteiger partial charge in [-0.15, -0.1) is 0 Å². The molecule has 1 saturated heterocycles. The van der Waals surface area contributed by atoms with Crippen LogP contribution < -0.4 is 5.32 Å². The summed E-state index contributed by atoms with van der Waals surface area (Å²) in [4.78, 5) is 14.2. The second-order valence-corrected chi connectivity index (χ2v) is 9.05. The lowest BCUT2D eigenvalue weighted by molar-refractivity contribution is -0.117. The van der Waals surface area contributed by atoms with Crippen LogP contribution in [0, 0.1) is 13.8 Å². The Hall–Kier alpha value is -2.20. The zero-order chi connectivity index (χ0) is 18.9. The van der Waals surface area contributed by atoms with Crippen molar-refractivity contribution in [2.24, 2.45) is 0 Å². The van der Waals surface area contributed by atoms with Crippen LogP contribution in [0.15, 0.2) is 16.7 Å². The quantitative estimate of drug-likeness (QED) is 0.792. The molecule has 2 aromatic heterocycles. The Morgan fingerprint density at radius 3 is 2.81 bits per heavy atom. The minimum absolute atomic E-state index is 0.0579. The lowest BCUT2D eigenvalue weighted by atomic mass is 10.3. The van der Waals surface area contributed by atoms with Crippen molar-refractivity contribution in [3.05, 3.63) is 29.3 Å². The summed E-state index contributed by atoms with van der Waals surface area (Å²) in [6.45, 7) is 4.29. The van der Waals surface area contributed by atoms with E-state index in [1.54, 1.807) is 10.7 Å². The van der Waals surface area contributed by atoms with Crippen molar-refractivity contribution in [1.82, 2.24) is 19.8 Å². The number of carbonyl (C=O) groups is 1. The van der Waals surface area contributed by atoms with Crippen LogP contribution in [0.3, 0.4) is 0 Å². The van der Waals surface area contributed by atoms with Crippen LogP contribution in [-0.4, -0.2) is 59.3 Å². The van der Waals surface area contributed by atoms with Crippen LogP contribution in [0.1, 0.15) is 29.6 Å². The minimum atomic E-state index is -3.03. The Morgan fingerprint density at radius 1 is 1.42 bits per heavy atom. The van der Waals surface area contributed by atoms with Gasteiger partial charge in [0.15, 0.2) is 9.84 Å². The number of amides is 1. The van der Waals surface area contributed by atoms with Crippen LogP contribution >= 0.6 is 0 Å². The second kappa shape index (κ2) is 7.20. The molecule has 1 aliphatic rings. The van der Waals surface area contributed by atoms with Crippen molar-refractivity contribution < 1.29 is 17.7 Å². The number of hydrogen-bond acceptors (Lipinski definition) is 7. The Labute approximate surface area is 152 Å². The van der Waals surface area contributed by atoms with E-state index in [0.717, 1.165) is 17.1 Å². The molecule has 2 aromatic rings. The summed E-state index contributed by atoms with van der Waals surface area (Å²) in [6, 6.07) is 3.34. The van der Waals surface area contributed by atoms with Crippen LogP contribution in [0.2, 0.25) is 0 Å². The van der Waals surface area contributed by atoms with Gasteiger partial charge in [0.1, 0.15) is 11.6 Å². The van der Waals surface area contributed by atoms with E-state index in [1.807, 2.05) is 31.9 Å². The monoisotopic (exact) mass is 381 g/mol. The SMILES string of the molecule is Cc1cc(NC(=O)CN(C)Cc2cc(C)on2)n(C2CCS(=O)(=O)C2)n1.